The lowest BCUT2D eigenvalue weighted by atomic mass is 10.0. The van der Waals surface area contributed by atoms with Crippen LogP contribution in [0.2, 0.25) is 0 Å². The van der Waals surface area contributed by atoms with E-state index in [1.807, 2.05) is 24.3 Å². The first-order valence-corrected chi connectivity index (χ1v) is 21.7. The summed E-state index contributed by atoms with van der Waals surface area (Å²) in [5.74, 6) is 0. The first-order chi connectivity index (χ1) is 31.7. The zero-order valence-corrected chi connectivity index (χ0v) is 34.7. The van der Waals surface area contributed by atoms with Gasteiger partial charge in [0.1, 0.15) is 22.3 Å². The Morgan fingerprint density at radius 2 is 0.703 bits per heavy atom. The van der Waals surface area contributed by atoms with E-state index < -0.39 is 0 Å². The standard InChI is InChI=1S/C60H38N2O2/c1-2-10-39(11-3-1)40-18-27-45(28-19-40)61(47-31-24-43(25-32-47)44-26-35-59-53(36-44)50-13-5-8-16-57(50)63-59)46-29-20-41(21-30-46)42-22-33-48(34-23-42)62-55-15-7-4-12-49(55)52-37-54-51-14-6-9-17-58(51)64-60(54)38-56(52)62/h1-38H. The normalized spacial score (nSPS) is 11.8. The van der Waals surface area contributed by atoms with Crippen LogP contribution in [0.25, 0.3) is 105 Å². The van der Waals surface area contributed by atoms with Gasteiger partial charge < -0.3 is 18.3 Å². The number of para-hydroxylation sites is 3. The van der Waals surface area contributed by atoms with Crippen molar-refractivity contribution in [2.75, 3.05) is 4.90 Å². The van der Waals surface area contributed by atoms with Gasteiger partial charge in [-0.2, -0.15) is 0 Å². The number of nitrogens with zero attached hydrogens (tertiary/aromatic N) is 2. The van der Waals surface area contributed by atoms with Crippen molar-refractivity contribution in [1.82, 2.24) is 4.57 Å². The maximum Gasteiger partial charge on any atom is 0.137 e. The van der Waals surface area contributed by atoms with Crippen molar-refractivity contribution in [2.45, 2.75) is 0 Å². The molecular weight excluding hydrogens is 781 g/mol. The maximum atomic E-state index is 6.36. The second-order valence-corrected chi connectivity index (χ2v) is 16.5. The van der Waals surface area contributed by atoms with Crippen molar-refractivity contribution in [1.29, 1.82) is 0 Å². The number of rotatable bonds is 7. The summed E-state index contributed by atoms with van der Waals surface area (Å²) < 4.78 is 14.8. The minimum atomic E-state index is 0.896. The Labute approximate surface area is 369 Å². The molecule has 300 valence electrons. The minimum Gasteiger partial charge on any atom is -0.456 e. The van der Waals surface area contributed by atoms with Gasteiger partial charge in [0.25, 0.3) is 0 Å². The van der Waals surface area contributed by atoms with Crippen LogP contribution in [0.5, 0.6) is 0 Å². The first kappa shape index (κ1) is 36.1. The fourth-order valence-electron chi connectivity index (χ4n) is 9.66. The number of aromatic nitrogens is 1. The maximum absolute atomic E-state index is 6.36. The molecule has 4 nitrogen and oxygen atoms in total. The molecule has 0 aliphatic rings. The summed E-state index contributed by atoms with van der Waals surface area (Å²) >= 11 is 0. The number of hydrogen-bond donors (Lipinski definition) is 0. The van der Waals surface area contributed by atoms with Crippen LogP contribution < -0.4 is 4.90 Å². The van der Waals surface area contributed by atoms with Gasteiger partial charge in [-0.1, -0.05) is 140 Å². The molecule has 10 aromatic carbocycles. The van der Waals surface area contributed by atoms with Crippen LogP contribution >= 0.6 is 0 Å². The van der Waals surface area contributed by atoms with E-state index in [4.69, 9.17) is 8.83 Å². The number of furan rings is 2. The monoisotopic (exact) mass is 818 g/mol. The molecule has 13 rings (SSSR count). The fraction of sp³-hybridized carbons (Fsp3) is 0. The average molecular weight is 819 g/mol. The van der Waals surface area contributed by atoms with Crippen molar-refractivity contribution in [3.63, 3.8) is 0 Å². The summed E-state index contributed by atoms with van der Waals surface area (Å²) in [6, 6.07) is 82.3. The molecule has 13 aromatic rings. The highest BCUT2D eigenvalue weighted by atomic mass is 16.3. The Morgan fingerprint density at radius 3 is 1.31 bits per heavy atom. The smallest absolute Gasteiger partial charge is 0.137 e. The molecule has 0 amide bonds. The summed E-state index contributed by atoms with van der Waals surface area (Å²) in [4.78, 5) is 2.33. The average Bonchev–Trinajstić information content (AvgIpc) is 4.03. The zero-order valence-electron chi connectivity index (χ0n) is 34.7. The van der Waals surface area contributed by atoms with Crippen LogP contribution in [-0.4, -0.2) is 4.57 Å². The number of fused-ring (bicyclic) bond motifs is 9. The number of hydrogen-bond acceptors (Lipinski definition) is 3. The quantitative estimate of drug-likeness (QED) is 0.161. The summed E-state index contributed by atoms with van der Waals surface area (Å²) in [6.07, 6.45) is 0. The third-order valence-corrected chi connectivity index (χ3v) is 12.8. The van der Waals surface area contributed by atoms with Crippen molar-refractivity contribution in [2.24, 2.45) is 0 Å². The van der Waals surface area contributed by atoms with E-state index in [9.17, 15) is 0 Å². The molecule has 0 saturated carbocycles. The van der Waals surface area contributed by atoms with Crippen LogP contribution in [0.15, 0.2) is 239 Å². The predicted molar refractivity (Wildman–Crippen MR) is 266 cm³/mol. The topological polar surface area (TPSA) is 34.5 Å². The summed E-state index contributed by atoms with van der Waals surface area (Å²) in [5, 5.41) is 6.98. The molecule has 0 aliphatic carbocycles. The largest absolute Gasteiger partial charge is 0.456 e. The van der Waals surface area contributed by atoms with E-state index in [-0.39, 0.29) is 0 Å². The van der Waals surface area contributed by atoms with Gasteiger partial charge in [-0.25, -0.2) is 0 Å². The molecule has 0 N–H and O–H groups in total. The van der Waals surface area contributed by atoms with Crippen LogP contribution in [0.4, 0.5) is 17.1 Å². The van der Waals surface area contributed by atoms with E-state index in [1.165, 1.54) is 27.4 Å². The van der Waals surface area contributed by atoms with Gasteiger partial charge in [-0.3, -0.25) is 0 Å². The number of anilines is 3. The molecule has 64 heavy (non-hydrogen) atoms. The Morgan fingerprint density at radius 1 is 0.266 bits per heavy atom. The lowest BCUT2D eigenvalue weighted by Crippen LogP contribution is -2.09. The summed E-state index contributed by atoms with van der Waals surface area (Å²) in [7, 11) is 0. The van der Waals surface area contributed by atoms with Gasteiger partial charge in [0.2, 0.25) is 0 Å². The predicted octanol–water partition coefficient (Wildman–Crippen LogP) is 17.1. The minimum absolute atomic E-state index is 0.896. The van der Waals surface area contributed by atoms with Gasteiger partial charge in [0.15, 0.2) is 0 Å². The Balaban J connectivity index is 0.848. The van der Waals surface area contributed by atoms with Crippen molar-refractivity contribution in [3.05, 3.63) is 231 Å². The van der Waals surface area contributed by atoms with Crippen LogP contribution in [-0.2, 0) is 0 Å². The SMILES string of the molecule is c1ccc(-c2ccc(N(c3ccc(-c4ccc(-n5c6ccccc6c6cc7c(cc65)oc5ccccc57)cc4)cc3)c3ccc(-c4ccc5oc6ccccc6c5c4)cc3)cc2)cc1. The Bertz CT molecular complexity index is 3860. The van der Waals surface area contributed by atoms with Gasteiger partial charge in [0.05, 0.1) is 11.0 Å². The molecule has 0 atom stereocenters. The van der Waals surface area contributed by atoms with Crippen LogP contribution in [0, 0.1) is 0 Å². The molecular formula is C60H38N2O2. The molecule has 0 spiro atoms. The van der Waals surface area contributed by atoms with E-state index in [1.54, 1.807) is 0 Å². The lowest BCUT2D eigenvalue weighted by molar-refractivity contribution is 0.668. The highest BCUT2D eigenvalue weighted by Gasteiger charge is 2.18. The lowest BCUT2D eigenvalue weighted by Gasteiger charge is -2.26. The third-order valence-electron chi connectivity index (χ3n) is 12.8. The molecule has 0 radical (unpaired) electrons. The highest BCUT2D eigenvalue weighted by molar-refractivity contribution is 6.17. The van der Waals surface area contributed by atoms with Gasteiger partial charge in [0, 0.05) is 61.1 Å². The molecule has 0 saturated heterocycles. The Hall–Kier alpha value is -8.60. The van der Waals surface area contributed by atoms with Crippen LogP contribution in [0.1, 0.15) is 0 Å². The van der Waals surface area contributed by atoms with E-state index >= 15 is 0 Å². The number of benzene rings is 10. The van der Waals surface area contributed by atoms with Gasteiger partial charge in [-0.15, -0.1) is 0 Å². The van der Waals surface area contributed by atoms with Crippen LogP contribution in [0.3, 0.4) is 0 Å². The van der Waals surface area contributed by atoms with Gasteiger partial charge in [-0.05, 0) is 118 Å². The molecule has 0 bridgehead atoms. The highest BCUT2D eigenvalue weighted by Crippen LogP contribution is 2.41. The van der Waals surface area contributed by atoms with Crippen molar-refractivity contribution >= 4 is 82.7 Å². The fourth-order valence-corrected chi connectivity index (χ4v) is 9.66. The summed E-state index contributed by atoms with van der Waals surface area (Å²) in [5.41, 5.74) is 17.3. The molecule has 4 heteroatoms. The van der Waals surface area contributed by atoms with E-state index in [0.29, 0.717) is 0 Å². The molecule has 3 heterocycles. The summed E-state index contributed by atoms with van der Waals surface area (Å²) in [6.45, 7) is 0. The van der Waals surface area contributed by atoms with Gasteiger partial charge >= 0.3 is 0 Å². The molecule has 3 aromatic heterocycles. The van der Waals surface area contributed by atoms with E-state index in [0.717, 1.165) is 94.4 Å². The second-order valence-electron chi connectivity index (χ2n) is 16.5. The molecule has 0 unspecified atom stereocenters. The van der Waals surface area contributed by atoms with Crippen molar-refractivity contribution < 1.29 is 8.83 Å². The first-order valence-electron chi connectivity index (χ1n) is 21.7. The Kier molecular flexibility index (Phi) is 8.18. The third kappa shape index (κ3) is 5.92. The van der Waals surface area contributed by atoms with E-state index in [2.05, 4.69) is 216 Å². The molecule has 0 fully saturated rings. The molecule has 0 aliphatic heterocycles. The zero-order chi connectivity index (χ0) is 42.1. The second kappa shape index (κ2) is 14.5. The van der Waals surface area contributed by atoms with Crippen molar-refractivity contribution in [3.8, 4) is 39.1 Å².